The van der Waals surface area contributed by atoms with Crippen LogP contribution in [0.25, 0.3) is 0 Å². The second-order valence-electron chi connectivity index (χ2n) is 5.56. The Hall–Kier alpha value is -2.82. The zero-order chi connectivity index (χ0) is 16.2. The van der Waals surface area contributed by atoms with Gasteiger partial charge in [-0.25, -0.2) is 4.99 Å². The van der Waals surface area contributed by atoms with Gasteiger partial charge >= 0.3 is 5.97 Å². The third kappa shape index (κ3) is 3.34. The normalized spacial score (nSPS) is 16.3. The number of guanidine groups is 1. The van der Waals surface area contributed by atoms with Crippen molar-refractivity contribution < 1.29 is 9.53 Å². The lowest BCUT2D eigenvalue weighted by Gasteiger charge is -2.25. The van der Waals surface area contributed by atoms with Gasteiger partial charge < -0.3 is 16.2 Å². The summed E-state index contributed by atoms with van der Waals surface area (Å²) in [7, 11) is 0. The van der Waals surface area contributed by atoms with Gasteiger partial charge in [-0.3, -0.25) is 4.79 Å². The quantitative estimate of drug-likeness (QED) is 0.394. The van der Waals surface area contributed by atoms with Crippen LogP contribution in [-0.4, -0.2) is 11.9 Å². The zero-order valence-electron chi connectivity index (χ0n) is 12.7. The number of aliphatic imine (C=N–C) groups is 1. The van der Waals surface area contributed by atoms with E-state index in [4.69, 9.17) is 16.2 Å². The highest BCUT2D eigenvalue weighted by Gasteiger charge is 2.29. The summed E-state index contributed by atoms with van der Waals surface area (Å²) in [6.45, 7) is 0. The molecule has 118 valence electrons. The maximum absolute atomic E-state index is 12.6. The Morgan fingerprint density at radius 1 is 1.09 bits per heavy atom. The van der Waals surface area contributed by atoms with Gasteiger partial charge in [0.05, 0.1) is 11.6 Å². The predicted molar refractivity (Wildman–Crippen MR) is 89.7 cm³/mol. The summed E-state index contributed by atoms with van der Waals surface area (Å²) in [6.07, 6.45) is 2.53. The Balaban J connectivity index is 1.90. The van der Waals surface area contributed by atoms with Crippen molar-refractivity contribution in [1.82, 2.24) is 0 Å². The summed E-state index contributed by atoms with van der Waals surface area (Å²) in [5.74, 6) is 0.0597. The van der Waals surface area contributed by atoms with Gasteiger partial charge in [0.15, 0.2) is 5.96 Å². The maximum Gasteiger partial charge on any atom is 0.318 e. The Kier molecular flexibility index (Phi) is 4.28. The lowest BCUT2D eigenvalue weighted by Crippen LogP contribution is -2.24. The van der Waals surface area contributed by atoms with Gasteiger partial charge in [-0.15, -0.1) is 0 Å². The van der Waals surface area contributed by atoms with Crippen molar-refractivity contribution in [2.24, 2.45) is 16.5 Å². The molecular formula is C18H19N3O2. The number of hydrogen-bond acceptors (Lipinski definition) is 3. The largest absolute Gasteiger partial charge is 0.426 e. The Labute approximate surface area is 135 Å². The van der Waals surface area contributed by atoms with Gasteiger partial charge in [-0.05, 0) is 48.6 Å². The van der Waals surface area contributed by atoms with Crippen LogP contribution in [0.4, 0.5) is 5.69 Å². The first-order chi connectivity index (χ1) is 11.1. The minimum atomic E-state index is -0.284. The number of nitrogens with two attached hydrogens (primary N) is 2. The third-order valence-corrected chi connectivity index (χ3v) is 3.98. The van der Waals surface area contributed by atoms with E-state index in [1.807, 2.05) is 36.4 Å². The average Bonchev–Trinajstić information content (AvgIpc) is 2.55. The topological polar surface area (TPSA) is 90.7 Å². The second-order valence-corrected chi connectivity index (χ2v) is 5.56. The molecule has 0 fully saturated rings. The van der Waals surface area contributed by atoms with Crippen LogP contribution in [-0.2, 0) is 11.2 Å². The molecular weight excluding hydrogens is 290 g/mol. The summed E-state index contributed by atoms with van der Waals surface area (Å²) in [4.78, 5) is 16.7. The number of carbonyl (C=O) groups is 1. The van der Waals surface area contributed by atoms with Crippen LogP contribution < -0.4 is 16.2 Å². The van der Waals surface area contributed by atoms with E-state index in [1.165, 1.54) is 0 Å². The molecule has 0 radical (unpaired) electrons. The van der Waals surface area contributed by atoms with Gasteiger partial charge in [0, 0.05) is 0 Å². The van der Waals surface area contributed by atoms with Crippen LogP contribution in [0.5, 0.6) is 5.75 Å². The third-order valence-electron chi connectivity index (χ3n) is 3.98. The van der Waals surface area contributed by atoms with Crippen molar-refractivity contribution in [3.63, 3.8) is 0 Å². The molecule has 0 spiro atoms. The van der Waals surface area contributed by atoms with Gasteiger partial charge in [-0.1, -0.05) is 30.3 Å². The molecule has 1 atom stereocenters. The molecule has 5 heteroatoms. The number of benzene rings is 2. The van der Waals surface area contributed by atoms with Crippen LogP contribution in [0.1, 0.15) is 29.9 Å². The van der Waals surface area contributed by atoms with Crippen LogP contribution in [0.2, 0.25) is 0 Å². The standard InChI is InChI=1S/C18H19N3O2/c19-18(20)21-16-11-5-8-13-14(16)9-4-10-15(13)17(22)23-12-6-2-1-3-7-12/h1-3,5-8,11,15H,4,9-10H2,(H4,19,20,21). The Bertz CT molecular complexity index is 737. The smallest absolute Gasteiger partial charge is 0.318 e. The van der Waals surface area contributed by atoms with E-state index >= 15 is 0 Å². The fourth-order valence-electron chi connectivity index (χ4n) is 2.99. The molecule has 0 saturated heterocycles. The van der Waals surface area contributed by atoms with Crippen LogP contribution in [0, 0.1) is 0 Å². The fraction of sp³-hybridized carbons (Fsp3) is 0.222. The highest BCUT2D eigenvalue weighted by Crippen LogP contribution is 2.37. The number of nitrogens with zero attached hydrogens (tertiary/aromatic N) is 1. The van der Waals surface area contributed by atoms with Crippen LogP contribution in [0.15, 0.2) is 53.5 Å². The van der Waals surface area contributed by atoms with Gasteiger partial charge in [0.2, 0.25) is 0 Å². The molecule has 4 N–H and O–H groups in total. The molecule has 0 aliphatic heterocycles. The number of rotatable bonds is 3. The van der Waals surface area contributed by atoms with Crippen molar-refractivity contribution in [2.45, 2.75) is 25.2 Å². The molecule has 2 aromatic rings. The molecule has 2 aromatic carbocycles. The number of esters is 1. The first kappa shape index (κ1) is 15.1. The summed E-state index contributed by atoms with van der Waals surface area (Å²) < 4.78 is 5.51. The van der Waals surface area contributed by atoms with E-state index in [0.717, 1.165) is 36.1 Å². The Morgan fingerprint density at radius 3 is 2.61 bits per heavy atom. The van der Waals surface area contributed by atoms with Crippen molar-refractivity contribution in [2.75, 3.05) is 0 Å². The summed E-state index contributed by atoms with van der Waals surface area (Å²) in [5, 5.41) is 0. The maximum atomic E-state index is 12.6. The monoisotopic (exact) mass is 309 g/mol. The van der Waals surface area contributed by atoms with E-state index < -0.39 is 0 Å². The van der Waals surface area contributed by atoms with Crippen LogP contribution in [0.3, 0.4) is 0 Å². The fourth-order valence-corrected chi connectivity index (χ4v) is 2.99. The number of carbonyl (C=O) groups excluding carboxylic acids is 1. The van der Waals surface area contributed by atoms with Crippen molar-refractivity contribution in [3.8, 4) is 5.75 Å². The molecule has 0 bridgehead atoms. The molecule has 0 aromatic heterocycles. The number of hydrogen-bond donors (Lipinski definition) is 2. The first-order valence-electron chi connectivity index (χ1n) is 7.63. The first-order valence-corrected chi connectivity index (χ1v) is 7.63. The molecule has 1 unspecified atom stereocenters. The van der Waals surface area contributed by atoms with Crippen molar-refractivity contribution >= 4 is 17.6 Å². The molecule has 0 saturated carbocycles. The highest BCUT2D eigenvalue weighted by molar-refractivity contribution is 5.83. The van der Waals surface area contributed by atoms with Gasteiger partial charge in [-0.2, -0.15) is 0 Å². The average molecular weight is 309 g/mol. The molecule has 5 nitrogen and oxygen atoms in total. The summed E-state index contributed by atoms with van der Waals surface area (Å²) >= 11 is 0. The molecule has 0 heterocycles. The van der Waals surface area contributed by atoms with Crippen molar-refractivity contribution in [1.29, 1.82) is 0 Å². The molecule has 1 aliphatic carbocycles. The Morgan fingerprint density at radius 2 is 1.87 bits per heavy atom. The summed E-state index contributed by atoms with van der Waals surface area (Å²) in [5.41, 5.74) is 13.7. The minimum absolute atomic E-state index is 0.0207. The lowest BCUT2D eigenvalue weighted by molar-refractivity contribution is -0.136. The molecule has 1 aliphatic rings. The SMILES string of the molecule is NC(N)=Nc1cccc2c1CCCC2C(=O)Oc1ccccc1. The highest BCUT2D eigenvalue weighted by atomic mass is 16.5. The van der Waals surface area contributed by atoms with Crippen LogP contribution >= 0.6 is 0 Å². The second kappa shape index (κ2) is 6.52. The molecule has 0 amide bonds. The molecule has 3 rings (SSSR count). The number of para-hydroxylation sites is 1. The number of ether oxygens (including phenoxy) is 1. The van der Waals surface area contributed by atoms with E-state index in [9.17, 15) is 4.79 Å². The minimum Gasteiger partial charge on any atom is -0.426 e. The van der Waals surface area contributed by atoms with E-state index in [1.54, 1.807) is 12.1 Å². The van der Waals surface area contributed by atoms with E-state index in [-0.39, 0.29) is 17.8 Å². The lowest BCUT2D eigenvalue weighted by atomic mass is 9.82. The zero-order valence-corrected chi connectivity index (χ0v) is 12.7. The predicted octanol–water partition coefficient (Wildman–Crippen LogP) is 2.62. The number of fused-ring (bicyclic) bond motifs is 1. The summed E-state index contributed by atoms with van der Waals surface area (Å²) in [6, 6.07) is 14.8. The van der Waals surface area contributed by atoms with Gasteiger partial charge in [0.1, 0.15) is 5.75 Å². The van der Waals surface area contributed by atoms with E-state index in [0.29, 0.717) is 5.75 Å². The van der Waals surface area contributed by atoms with Crippen molar-refractivity contribution in [3.05, 3.63) is 59.7 Å². The van der Waals surface area contributed by atoms with E-state index in [2.05, 4.69) is 4.99 Å². The molecule has 23 heavy (non-hydrogen) atoms. The van der Waals surface area contributed by atoms with Gasteiger partial charge in [0.25, 0.3) is 0 Å².